The summed E-state index contributed by atoms with van der Waals surface area (Å²) in [5.41, 5.74) is 0.419. The fraction of sp³-hybridized carbons (Fsp3) is 0.500. The van der Waals surface area contributed by atoms with Gasteiger partial charge in [-0.1, -0.05) is 30.3 Å². The molecule has 1 aromatic heterocycles. The normalized spacial score (nSPS) is 20.8. The molecule has 5 nitrogen and oxygen atoms in total. The highest BCUT2D eigenvalue weighted by Crippen LogP contribution is 2.36. The Labute approximate surface area is 186 Å². The first-order chi connectivity index (χ1) is 15.4. The van der Waals surface area contributed by atoms with Crippen LogP contribution in [0.5, 0.6) is 0 Å². The van der Waals surface area contributed by atoms with Gasteiger partial charge in [0.1, 0.15) is 5.82 Å². The lowest BCUT2D eigenvalue weighted by atomic mass is 9.96. The average Bonchev–Trinajstić information content (AvgIpc) is 3.34. The first-order valence-corrected chi connectivity index (χ1v) is 11.3. The Kier molecular flexibility index (Phi) is 6.98. The van der Waals surface area contributed by atoms with Crippen LogP contribution < -0.4 is 10.2 Å². The summed E-state index contributed by atoms with van der Waals surface area (Å²) in [6, 6.07) is 12.6. The van der Waals surface area contributed by atoms with E-state index in [1.165, 1.54) is 17.8 Å². The summed E-state index contributed by atoms with van der Waals surface area (Å²) in [7, 11) is 0. The highest BCUT2D eigenvalue weighted by atomic mass is 19.4. The maximum atomic E-state index is 13.4. The number of alkyl halides is 3. The number of carbonyl (C=O) groups is 1. The Morgan fingerprint density at radius 3 is 2.53 bits per heavy atom. The van der Waals surface area contributed by atoms with Gasteiger partial charge in [-0.3, -0.25) is 9.69 Å². The van der Waals surface area contributed by atoms with Crippen LogP contribution in [0.25, 0.3) is 0 Å². The number of anilines is 1. The Balaban J connectivity index is 1.42. The lowest BCUT2D eigenvalue weighted by molar-refractivity contribution is -0.137. The van der Waals surface area contributed by atoms with Crippen LogP contribution in [-0.4, -0.2) is 48.5 Å². The number of hydrogen-bond acceptors (Lipinski definition) is 4. The standard InChI is InChI=1S/C24H29F3N4O/c25-24(26,27)20-11-6-12-28-22(20)31-15-7-10-19(17-31)23(32)29-16-21(30-13-4-5-14-30)18-8-2-1-3-9-18/h1-3,6,8-9,11-12,19,21H,4-5,7,10,13-17H2,(H,29,32). The molecule has 32 heavy (non-hydrogen) atoms. The molecular formula is C24H29F3N4O. The SMILES string of the molecule is O=C(NCC(c1ccccc1)N1CCCC1)C1CCCN(c2ncccc2C(F)(F)F)C1. The van der Waals surface area contributed by atoms with Crippen molar-refractivity contribution in [2.75, 3.05) is 37.6 Å². The van der Waals surface area contributed by atoms with Crippen molar-refractivity contribution >= 4 is 11.7 Å². The number of nitrogens with one attached hydrogen (secondary N) is 1. The number of nitrogens with zero attached hydrogens (tertiary/aromatic N) is 3. The molecule has 2 saturated heterocycles. The van der Waals surface area contributed by atoms with Crippen LogP contribution in [-0.2, 0) is 11.0 Å². The third-order valence-corrected chi connectivity index (χ3v) is 6.42. The molecule has 1 N–H and O–H groups in total. The minimum Gasteiger partial charge on any atom is -0.355 e. The van der Waals surface area contributed by atoms with Gasteiger partial charge in [-0.15, -0.1) is 0 Å². The summed E-state index contributed by atoms with van der Waals surface area (Å²) < 4.78 is 40.3. The van der Waals surface area contributed by atoms with Gasteiger partial charge in [0, 0.05) is 25.8 Å². The minimum atomic E-state index is -4.47. The Morgan fingerprint density at radius 1 is 1.06 bits per heavy atom. The second kappa shape index (κ2) is 9.90. The van der Waals surface area contributed by atoms with E-state index in [-0.39, 0.29) is 30.2 Å². The number of piperidine rings is 1. The summed E-state index contributed by atoms with van der Waals surface area (Å²) in [5, 5.41) is 3.09. The van der Waals surface area contributed by atoms with Crippen LogP contribution in [0.15, 0.2) is 48.7 Å². The predicted octanol–water partition coefficient (Wildman–Crippen LogP) is 4.27. The van der Waals surface area contributed by atoms with Crippen molar-refractivity contribution in [2.45, 2.75) is 37.9 Å². The summed E-state index contributed by atoms with van der Waals surface area (Å²) in [6.45, 7) is 3.21. The topological polar surface area (TPSA) is 48.5 Å². The van der Waals surface area contributed by atoms with Crippen molar-refractivity contribution in [3.8, 4) is 0 Å². The van der Waals surface area contributed by atoms with Crippen molar-refractivity contribution in [2.24, 2.45) is 5.92 Å². The highest BCUT2D eigenvalue weighted by Gasteiger charge is 2.37. The molecule has 1 amide bonds. The zero-order chi connectivity index (χ0) is 22.6. The molecule has 172 valence electrons. The van der Waals surface area contributed by atoms with E-state index < -0.39 is 11.7 Å². The number of rotatable bonds is 6. The average molecular weight is 447 g/mol. The van der Waals surface area contributed by atoms with E-state index in [0.29, 0.717) is 25.9 Å². The van der Waals surface area contributed by atoms with E-state index in [1.54, 1.807) is 4.90 Å². The van der Waals surface area contributed by atoms with Gasteiger partial charge in [-0.25, -0.2) is 4.98 Å². The molecule has 2 unspecified atom stereocenters. The molecule has 2 fully saturated rings. The Hall–Kier alpha value is -2.61. The lowest BCUT2D eigenvalue weighted by Crippen LogP contribution is -2.46. The fourth-order valence-corrected chi connectivity index (χ4v) is 4.78. The van der Waals surface area contributed by atoms with E-state index in [0.717, 1.165) is 32.0 Å². The lowest BCUT2D eigenvalue weighted by Gasteiger charge is -2.35. The molecule has 8 heteroatoms. The Morgan fingerprint density at radius 2 is 1.81 bits per heavy atom. The van der Waals surface area contributed by atoms with Crippen LogP contribution in [0, 0.1) is 5.92 Å². The molecule has 3 heterocycles. The first kappa shape index (κ1) is 22.6. The van der Waals surface area contributed by atoms with Crippen LogP contribution in [0.3, 0.4) is 0 Å². The van der Waals surface area contributed by atoms with Crippen LogP contribution >= 0.6 is 0 Å². The maximum Gasteiger partial charge on any atom is 0.419 e. The van der Waals surface area contributed by atoms with Gasteiger partial charge in [0.25, 0.3) is 0 Å². The van der Waals surface area contributed by atoms with Gasteiger partial charge in [0.2, 0.25) is 5.91 Å². The highest BCUT2D eigenvalue weighted by molar-refractivity contribution is 5.79. The second-order valence-electron chi connectivity index (χ2n) is 8.57. The van der Waals surface area contributed by atoms with Crippen molar-refractivity contribution in [1.82, 2.24) is 15.2 Å². The molecule has 0 bridgehead atoms. The molecule has 0 saturated carbocycles. The molecule has 2 aliphatic rings. The Bertz CT molecular complexity index is 900. The van der Waals surface area contributed by atoms with Gasteiger partial charge in [-0.2, -0.15) is 13.2 Å². The van der Waals surface area contributed by atoms with E-state index in [2.05, 4.69) is 27.3 Å². The van der Waals surface area contributed by atoms with Crippen molar-refractivity contribution in [1.29, 1.82) is 0 Å². The number of halogens is 3. The van der Waals surface area contributed by atoms with Gasteiger partial charge in [0.15, 0.2) is 0 Å². The molecule has 4 rings (SSSR count). The van der Waals surface area contributed by atoms with E-state index in [1.807, 2.05) is 18.2 Å². The molecule has 2 aromatic rings. The molecule has 0 spiro atoms. The number of likely N-dealkylation sites (tertiary alicyclic amines) is 1. The molecular weight excluding hydrogens is 417 g/mol. The third-order valence-electron chi connectivity index (χ3n) is 6.42. The van der Waals surface area contributed by atoms with Crippen molar-refractivity contribution < 1.29 is 18.0 Å². The quantitative estimate of drug-likeness (QED) is 0.720. The van der Waals surface area contributed by atoms with E-state index in [9.17, 15) is 18.0 Å². The zero-order valence-corrected chi connectivity index (χ0v) is 18.0. The monoisotopic (exact) mass is 446 g/mol. The predicted molar refractivity (Wildman–Crippen MR) is 117 cm³/mol. The summed E-state index contributed by atoms with van der Waals surface area (Å²) in [6.07, 6.45) is 0.517. The maximum absolute atomic E-state index is 13.4. The van der Waals surface area contributed by atoms with Crippen LogP contribution in [0.4, 0.5) is 19.0 Å². The van der Waals surface area contributed by atoms with E-state index in [4.69, 9.17) is 0 Å². The van der Waals surface area contributed by atoms with Gasteiger partial charge < -0.3 is 10.2 Å². The molecule has 2 atom stereocenters. The number of carbonyl (C=O) groups excluding carboxylic acids is 1. The summed E-state index contributed by atoms with van der Waals surface area (Å²) >= 11 is 0. The molecule has 0 radical (unpaired) electrons. The van der Waals surface area contributed by atoms with Gasteiger partial charge >= 0.3 is 6.18 Å². The van der Waals surface area contributed by atoms with E-state index >= 15 is 0 Å². The second-order valence-corrected chi connectivity index (χ2v) is 8.57. The van der Waals surface area contributed by atoms with Crippen LogP contribution in [0.1, 0.15) is 42.9 Å². The third kappa shape index (κ3) is 5.23. The zero-order valence-electron chi connectivity index (χ0n) is 18.0. The fourth-order valence-electron chi connectivity index (χ4n) is 4.78. The smallest absolute Gasteiger partial charge is 0.355 e. The van der Waals surface area contributed by atoms with Crippen molar-refractivity contribution in [3.63, 3.8) is 0 Å². The number of pyridine rings is 1. The summed E-state index contributed by atoms with van der Waals surface area (Å²) in [4.78, 5) is 21.0. The first-order valence-electron chi connectivity index (χ1n) is 11.3. The van der Waals surface area contributed by atoms with Gasteiger partial charge in [-0.05, 0) is 56.5 Å². The van der Waals surface area contributed by atoms with Gasteiger partial charge in [0.05, 0.1) is 17.5 Å². The molecule has 1 aromatic carbocycles. The number of benzene rings is 1. The number of aromatic nitrogens is 1. The molecule has 2 aliphatic heterocycles. The number of hydrogen-bond donors (Lipinski definition) is 1. The minimum absolute atomic E-state index is 0.0864. The summed E-state index contributed by atoms with van der Waals surface area (Å²) in [5.74, 6) is -0.544. The van der Waals surface area contributed by atoms with Crippen LogP contribution in [0.2, 0.25) is 0 Å². The molecule has 0 aliphatic carbocycles. The number of amides is 1. The largest absolute Gasteiger partial charge is 0.419 e. The van der Waals surface area contributed by atoms with Crippen molar-refractivity contribution in [3.05, 3.63) is 59.8 Å².